The normalized spacial score (nSPS) is 16.0. The van der Waals surface area contributed by atoms with Gasteiger partial charge in [0.1, 0.15) is 5.75 Å². The first-order valence-corrected chi connectivity index (χ1v) is 7.92. The molecular formula is C16H22N4O3. The summed E-state index contributed by atoms with van der Waals surface area (Å²) >= 11 is 0. The summed E-state index contributed by atoms with van der Waals surface area (Å²) in [7, 11) is 0. The van der Waals surface area contributed by atoms with Gasteiger partial charge < -0.3 is 14.7 Å². The highest BCUT2D eigenvalue weighted by Gasteiger charge is 2.19. The van der Waals surface area contributed by atoms with Crippen molar-refractivity contribution >= 4 is 17.0 Å². The van der Waals surface area contributed by atoms with Crippen LogP contribution in [0.5, 0.6) is 5.75 Å². The summed E-state index contributed by atoms with van der Waals surface area (Å²) in [5.74, 6) is 0.865. The Bertz CT molecular complexity index is 677. The second kappa shape index (κ2) is 6.87. The Kier molecular flexibility index (Phi) is 4.66. The number of nitrogens with zero attached hydrogens (tertiary/aromatic N) is 3. The molecule has 2 aromatic rings. The number of hydrogen-bond acceptors (Lipinski definition) is 4. The van der Waals surface area contributed by atoms with Gasteiger partial charge in [-0.05, 0) is 25.5 Å². The fourth-order valence-electron chi connectivity index (χ4n) is 2.94. The molecule has 1 saturated heterocycles. The van der Waals surface area contributed by atoms with Crippen LogP contribution in [0, 0.1) is 6.92 Å². The van der Waals surface area contributed by atoms with E-state index in [2.05, 4.69) is 15.1 Å². The minimum Gasteiger partial charge on any atom is -0.493 e. The van der Waals surface area contributed by atoms with Crippen LogP contribution in [-0.2, 0) is 0 Å². The van der Waals surface area contributed by atoms with Crippen molar-refractivity contribution in [1.82, 2.24) is 20.0 Å². The van der Waals surface area contributed by atoms with Crippen molar-refractivity contribution in [2.45, 2.75) is 13.3 Å². The third-order valence-electron chi connectivity index (χ3n) is 4.24. The number of aryl methyl sites for hydroxylation is 1. The van der Waals surface area contributed by atoms with Gasteiger partial charge in [0.05, 0.1) is 17.5 Å². The number of amides is 1. The Morgan fingerprint density at radius 2 is 2.13 bits per heavy atom. The predicted molar refractivity (Wildman–Crippen MR) is 87.0 cm³/mol. The third kappa shape index (κ3) is 3.56. The number of piperazine rings is 1. The fraction of sp³-hybridized carbons (Fsp3) is 0.500. The number of ether oxygens (including phenoxy) is 1. The summed E-state index contributed by atoms with van der Waals surface area (Å²) in [6, 6.07) is 5.88. The van der Waals surface area contributed by atoms with Gasteiger partial charge in [-0.25, -0.2) is 4.79 Å². The highest BCUT2D eigenvalue weighted by atomic mass is 16.5. The van der Waals surface area contributed by atoms with Gasteiger partial charge in [0, 0.05) is 38.4 Å². The Morgan fingerprint density at radius 1 is 1.35 bits per heavy atom. The van der Waals surface area contributed by atoms with Gasteiger partial charge in [0.25, 0.3) is 0 Å². The molecule has 124 valence electrons. The maximum atomic E-state index is 10.9. The second-order valence-corrected chi connectivity index (χ2v) is 5.81. The third-order valence-corrected chi connectivity index (χ3v) is 4.24. The number of benzene rings is 1. The quantitative estimate of drug-likeness (QED) is 0.823. The number of hydrogen-bond donors (Lipinski definition) is 2. The lowest BCUT2D eigenvalue weighted by Crippen LogP contribution is -2.48. The summed E-state index contributed by atoms with van der Waals surface area (Å²) in [5.41, 5.74) is 1.94. The summed E-state index contributed by atoms with van der Waals surface area (Å²) in [4.78, 5) is 14.6. The Labute approximate surface area is 134 Å². The smallest absolute Gasteiger partial charge is 0.407 e. The summed E-state index contributed by atoms with van der Waals surface area (Å²) in [6.07, 6.45) is 0.0944. The monoisotopic (exact) mass is 318 g/mol. The van der Waals surface area contributed by atoms with Crippen LogP contribution in [0.3, 0.4) is 0 Å². The van der Waals surface area contributed by atoms with Crippen LogP contribution in [0.4, 0.5) is 4.79 Å². The van der Waals surface area contributed by atoms with Crippen LogP contribution in [0.15, 0.2) is 18.2 Å². The number of fused-ring (bicyclic) bond motifs is 1. The maximum Gasteiger partial charge on any atom is 0.407 e. The number of carboxylic acid groups (broad SMARTS) is 1. The van der Waals surface area contributed by atoms with E-state index >= 15 is 0 Å². The first kappa shape index (κ1) is 15.6. The predicted octanol–water partition coefficient (Wildman–Crippen LogP) is 1.94. The van der Waals surface area contributed by atoms with E-state index in [-0.39, 0.29) is 0 Å². The maximum absolute atomic E-state index is 10.9. The van der Waals surface area contributed by atoms with Crippen molar-refractivity contribution < 1.29 is 14.6 Å². The Balaban J connectivity index is 1.45. The van der Waals surface area contributed by atoms with E-state index in [1.165, 1.54) is 4.90 Å². The van der Waals surface area contributed by atoms with Crippen molar-refractivity contribution in [3.8, 4) is 5.75 Å². The van der Waals surface area contributed by atoms with Gasteiger partial charge in [-0.2, -0.15) is 5.10 Å². The highest BCUT2D eigenvalue weighted by molar-refractivity contribution is 5.87. The molecule has 0 saturated carbocycles. The highest BCUT2D eigenvalue weighted by Crippen LogP contribution is 2.26. The topological polar surface area (TPSA) is 81.7 Å². The number of aromatic amines is 1. The van der Waals surface area contributed by atoms with E-state index in [0.717, 1.165) is 48.4 Å². The summed E-state index contributed by atoms with van der Waals surface area (Å²) < 4.78 is 5.92. The van der Waals surface area contributed by atoms with E-state index in [9.17, 15) is 4.79 Å². The van der Waals surface area contributed by atoms with Crippen molar-refractivity contribution in [3.05, 3.63) is 23.9 Å². The van der Waals surface area contributed by atoms with Crippen LogP contribution in [0.2, 0.25) is 0 Å². The van der Waals surface area contributed by atoms with Gasteiger partial charge in [-0.1, -0.05) is 6.07 Å². The lowest BCUT2D eigenvalue weighted by molar-refractivity contribution is 0.103. The van der Waals surface area contributed by atoms with Gasteiger partial charge >= 0.3 is 6.09 Å². The van der Waals surface area contributed by atoms with E-state index < -0.39 is 6.09 Å². The molecule has 1 amide bonds. The zero-order chi connectivity index (χ0) is 16.2. The van der Waals surface area contributed by atoms with Gasteiger partial charge in [0.15, 0.2) is 0 Å². The Morgan fingerprint density at radius 3 is 2.87 bits per heavy atom. The van der Waals surface area contributed by atoms with Gasteiger partial charge in [-0.15, -0.1) is 0 Å². The molecule has 0 spiro atoms. The van der Waals surface area contributed by atoms with E-state index in [1.54, 1.807) is 0 Å². The summed E-state index contributed by atoms with van der Waals surface area (Å²) in [6.45, 7) is 6.32. The molecule has 7 heteroatoms. The van der Waals surface area contributed by atoms with Gasteiger partial charge in [-0.3, -0.25) is 10.00 Å². The standard InChI is InChI=1S/C16H22N4O3/c1-12-15-13(18-17-12)4-2-5-14(15)23-11-3-6-19-7-9-20(10-8-19)16(21)22/h2,4-5H,3,6-11H2,1H3,(H,17,18)(H,21,22). The molecular weight excluding hydrogens is 296 g/mol. The van der Waals surface area contributed by atoms with Crippen molar-refractivity contribution in [1.29, 1.82) is 0 Å². The molecule has 7 nitrogen and oxygen atoms in total. The number of H-pyrrole nitrogens is 1. The minimum atomic E-state index is -0.823. The van der Waals surface area contributed by atoms with E-state index in [4.69, 9.17) is 9.84 Å². The molecule has 0 unspecified atom stereocenters. The largest absolute Gasteiger partial charge is 0.493 e. The second-order valence-electron chi connectivity index (χ2n) is 5.81. The first-order chi connectivity index (χ1) is 11.1. The van der Waals surface area contributed by atoms with Gasteiger partial charge in [0.2, 0.25) is 0 Å². The van der Waals surface area contributed by atoms with Crippen LogP contribution in [0.1, 0.15) is 12.1 Å². The minimum absolute atomic E-state index is 0.587. The van der Waals surface area contributed by atoms with Crippen LogP contribution < -0.4 is 4.74 Å². The molecule has 0 radical (unpaired) electrons. The average Bonchev–Trinajstić information content (AvgIpc) is 2.94. The first-order valence-electron chi connectivity index (χ1n) is 7.92. The van der Waals surface area contributed by atoms with Crippen molar-refractivity contribution in [3.63, 3.8) is 0 Å². The number of rotatable bonds is 5. The fourth-order valence-corrected chi connectivity index (χ4v) is 2.94. The molecule has 1 aromatic carbocycles. The number of aromatic nitrogens is 2. The van der Waals surface area contributed by atoms with Crippen LogP contribution in [0.25, 0.3) is 10.9 Å². The molecule has 1 aromatic heterocycles. The SMILES string of the molecule is Cc1[nH]nc2cccc(OCCCN3CCN(C(=O)O)CC3)c12. The van der Waals surface area contributed by atoms with Crippen LogP contribution in [-0.4, -0.2) is 70.5 Å². The number of carbonyl (C=O) groups is 1. The lowest BCUT2D eigenvalue weighted by Gasteiger charge is -2.32. The molecule has 0 aliphatic carbocycles. The molecule has 0 bridgehead atoms. The molecule has 0 atom stereocenters. The molecule has 23 heavy (non-hydrogen) atoms. The molecule has 1 fully saturated rings. The zero-order valence-electron chi connectivity index (χ0n) is 13.3. The number of nitrogens with one attached hydrogen (secondary N) is 1. The molecule has 3 rings (SSSR count). The average molecular weight is 318 g/mol. The zero-order valence-corrected chi connectivity index (χ0v) is 13.3. The Hall–Kier alpha value is -2.28. The molecule has 2 heterocycles. The van der Waals surface area contributed by atoms with E-state index in [0.29, 0.717) is 19.7 Å². The van der Waals surface area contributed by atoms with Crippen molar-refractivity contribution in [2.24, 2.45) is 0 Å². The van der Waals surface area contributed by atoms with Crippen LogP contribution >= 0.6 is 0 Å². The van der Waals surface area contributed by atoms with Crippen molar-refractivity contribution in [2.75, 3.05) is 39.3 Å². The molecule has 1 aliphatic rings. The lowest BCUT2D eigenvalue weighted by atomic mass is 10.2. The molecule has 1 aliphatic heterocycles. The van der Waals surface area contributed by atoms with E-state index in [1.807, 2.05) is 25.1 Å². The molecule has 2 N–H and O–H groups in total. The summed E-state index contributed by atoms with van der Waals surface area (Å²) in [5, 5.41) is 17.2.